The van der Waals surface area contributed by atoms with Crippen molar-refractivity contribution in [3.05, 3.63) is 23.8 Å². The quantitative estimate of drug-likeness (QED) is 0.851. The zero-order valence-electron chi connectivity index (χ0n) is 11.6. The Kier molecular flexibility index (Phi) is 3.77. The molecular formula is C14H23N5. The summed E-state index contributed by atoms with van der Waals surface area (Å²) >= 11 is 0. The Bertz CT molecular complexity index is 410. The number of aromatic nitrogens is 2. The van der Waals surface area contributed by atoms with Crippen LogP contribution in [0.5, 0.6) is 0 Å². The van der Waals surface area contributed by atoms with Gasteiger partial charge in [0.1, 0.15) is 5.82 Å². The van der Waals surface area contributed by atoms with Crippen molar-refractivity contribution in [2.24, 2.45) is 5.73 Å². The van der Waals surface area contributed by atoms with Crippen molar-refractivity contribution in [2.45, 2.75) is 31.8 Å². The number of hydrogen-bond donors (Lipinski definition) is 1. The Balaban J connectivity index is 1.69. The van der Waals surface area contributed by atoms with Gasteiger partial charge in [0.2, 0.25) is 0 Å². The molecule has 104 valence electrons. The van der Waals surface area contributed by atoms with E-state index in [9.17, 15) is 0 Å². The van der Waals surface area contributed by atoms with Gasteiger partial charge in [-0.15, -0.1) is 0 Å². The van der Waals surface area contributed by atoms with Gasteiger partial charge in [-0.05, 0) is 18.4 Å². The second kappa shape index (κ2) is 5.53. The summed E-state index contributed by atoms with van der Waals surface area (Å²) in [5, 5.41) is 0. The highest BCUT2D eigenvalue weighted by atomic mass is 15.4. The molecule has 2 N–H and O–H groups in total. The fourth-order valence-corrected chi connectivity index (χ4v) is 2.95. The molecule has 5 heteroatoms. The van der Waals surface area contributed by atoms with Gasteiger partial charge in [0, 0.05) is 51.2 Å². The molecule has 2 bridgehead atoms. The maximum atomic E-state index is 5.96. The summed E-state index contributed by atoms with van der Waals surface area (Å²) < 4.78 is 0. The highest BCUT2D eigenvalue weighted by molar-refractivity contribution is 5.10. The highest BCUT2D eigenvalue weighted by Crippen LogP contribution is 2.26. The molecule has 5 nitrogen and oxygen atoms in total. The van der Waals surface area contributed by atoms with Crippen LogP contribution in [0.15, 0.2) is 12.4 Å². The fourth-order valence-electron chi connectivity index (χ4n) is 2.95. The second-order valence-electron chi connectivity index (χ2n) is 5.67. The van der Waals surface area contributed by atoms with E-state index < -0.39 is 0 Å². The van der Waals surface area contributed by atoms with E-state index in [-0.39, 0.29) is 6.04 Å². The van der Waals surface area contributed by atoms with Gasteiger partial charge in [-0.2, -0.15) is 0 Å². The van der Waals surface area contributed by atoms with Crippen molar-refractivity contribution in [3.8, 4) is 0 Å². The SMILES string of the molecule is CCC(N)Cc1cnc(C2CN3CCN2CC3)nc1. The number of nitrogens with zero attached hydrogens (tertiary/aromatic N) is 4. The molecule has 0 aliphatic carbocycles. The van der Waals surface area contributed by atoms with Crippen LogP contribution in [-0.4, -0.2) is 58.5 Å². The van der Waals surface area contributed by atoms with Crippen LogP contribution >= 0.6 is 0 Å². The first-order valence-corrected chi connectivity index (χ1v) is 7.29. The predicted molar refractivity (Wildman–Crippen MR) is 74.8 cm³/mol. The third-order valence-electron chi connectivity index (χ3n) is 4.32. The topological polar surface area (TPSA) is 58.3 Å². The van der Waals surface area contributed by atoms with E-state index in [4.69, 9.17) is 5.73 Å². The Morgan fingerprint density at radius 1 is 1.26 bits per heavy atom. The minimum absolute atomic E-state index is 0.218. The van der Waals surface area contributed by atoms with Gasteiger partial charge >= 0.3 is 0 Å². The van der Waals surface area contributed by atoms with Gasteiger partial charge in [0.25, 0.3) is 0 Å². The minimum atomic E-state index is 0.218. The summed E-state index contributed by atoms with van der Waals surface area (Å²) in [4.78, 5) is 14.2. The van der Waals surface area contributed by atoms with Gasteiger partial charge in [-0.1, -0.05) is 6.92 Å². The van der Waals surface area contributed by atoms with Gasteiger partial charge in [-0.25, -0.2) is 9.97 Å². The van der Waals surface area contributed by atoms with Crippen molar-refractivity contribution < 1.29 is 0 Å². The first kappa shape index (κ1) is 13.0. The molecule has 0 amide bonds. The van der Waals surface area contributed by atoms with Crippen LogP contribution in [-0.2, 0) is 6.42 Å². The maximum absolute atomic E-state index is 5.96. The van der Waals surface area contributed by atoms with E-state index in [0.717, 1.165) is 43.9 Å². The van der Waals surface area contributed by atoms with Crippen molar-refractivity contribution in [1.82, 2.24) is 19.8 Å². The van der Waals surface area contributed by atoms with Crippen LogP contribution in [0.3, 0.4) is 0 Å². The summed E-state index contributed by atoms with van der Waals surface area (Å²) in [6, 6.07) is 0.603. The molecule has 4 heterocycles. The molecule has 2 atom stereocenters. The van der Waals surface area contributed by atoms with Crippen LogP contribution in [0, 0.1) is 0 Å². The fraction of sp³-hybridized carbons (Fsp3) is 0.714. The highest BCUT2D eigenvalue weighted by Gasteiger charge is 2.34. The van der Waals surface area contributed by atoms with E-state index in [0.29, 0.717) is 6.04 Å². The van der Waals surface area contributed by atoms with Crippen LogP contribution in [0.2, 0.25) is 0 Å². The minimum Gasteiger partial charge on any atom is -0.327 e. The average Bonchev–Trinajstić information content (AvgIpc) is 2.49. The van der Waals surface area contributed by atoms with Crippen molar-refractivity contribution >= 4 is 0 Å². The molecule has 3 saturated heterocycles. The van der Waals surface area contributed by atoms with Crippen LogP contribution in [0.25, 0.3) is 0 Å². The average molecular weight is 261 g/mol. The van der Waals surface area contributed by atoms with E-state index in [1.54, 1.807) is 0 Å². The van der Waals surface area contributed by atoms with Crippen molar-refractivity contribution in [2.75, 3.05) is 32.7 Å². The number of hydrogen-bond acceptors (Lipinski definition) is 5. The van der Waals surface area contributed by atoms with Crippen molar-refractivity contribution in [3.63, 3.8) is 0 Å². The van der Waals surface area contributed by atoms with Crippen LogP contribution in [0.4, 0.5) is 0 Å². The smallest absolute Gasteiger partial charge is 0.146 e. The lowest BCUT2D eigenvalue weighted by Crippen LogP contribution is -2.57. The third-order valence-corrected chi connectivity index (χ3v) is 4.32. The Labute approximate surface area is 114 Å². The Hall–Kier alpha value is -1.04. The first-order chi connectivity index (χ1) is 9.26. The standard InChI is InChI=1S/C14H23N5/c1-2-12(15)7-11-8-16-14(17-9-11)13-10-18-3-5-19(13)6-4-18/h8-9,12-13H,2-7,10,15H2,1H3. The third kappa shape index (κ3) is 2.78. The predicted octanol–water partition coefficient (Wildman–Crippen LogP) is 0.429. The number of nitrogens with two attached hydrogens (primary N) is 1. The Morgan fingerprint density at radius 3 is 2.47 bits per heavy atom. The molecule has 3 fully saturated rings. The van der Waals surface area contributed by atoms with Crippen LogP contribution < -0.4 is 5.73 Å². The zero-order valence-corrected chi connectivity index (χ0v) is 11.6. The summed E-state index contributed by atoms with van der Waals surface area (Å²) in [7, 11) is 0. The monoisotopic (exact) mass is 261 g/mol. The molecular weight excluding hydrogens is 238 g/mol. The molecule has 0 spiro atoms. The zero-order chi connectivity index (χ0) is 13.2. The lowest BCUT2D eigenvalue weighted by atomic mass is 10.1. The molecule has 4 rings (SSSR count). The van der Waals surface area contributed by atoms with Gasteiger partial charge in [-0.3, -0.25) is 9.80 Å². The molecule has 19 heavy (non-hydrogen) atoms. The molecule has 0 aromatic carbocycles. The molecule has 3 aliphatic heterocycles. The maximum Gasteiger partial charge on any atom is 0.146 e. The van der Waals surface area contributed by atoms with E-state index in [1.165, 1.54) is 13.1 Å². The van der Waals surface area contributed by atoms with E-state index >= 15 is 0 Å². The largest absolute Gasteiger partial charge is 0.327 e. The Morgan fingerprint density at radius 2 is 1.95 bits per heavy atom. The molecule has 3 aliphatic rings. The summed E-state index contributed by atoms with van der Waals surface area (Å²) in [5.41, 5.74) is 7.11. The molecule has 1 aromatic rings. The van der Waals surface area contributed by atoms with E-state index in [1.807, 2.05) is 12.4 Å². The normalized spacial score (nSPS) is 31.4. The number of fused-ring (bicyclic) bond motifs is 3. The van der Waals surface area contributed by atoms with Crippen molar-refractivity contribution in [1.29, 1.82) is 0 Å². The lowest BCUT2D eigenvalue weighted by molar-refractivity contribution is 0.00862. The van der Waals surface area contributed by atoms with Crippen LogP contribution in [0.1, 0.15) is 30.8 Å². The summed E-state index contributed by atoms with van der Waals surface area (Å²) in [5.74, 6) is 0.971. The van der Waals surface area contributed by atoms with Gasteiger partial charge in [0.05, 0.1) is 6.04 Å². The van der Waals surface area contributed by atoms with E-state index in [2.05, 4.69) is 26.7 Å². The van der Waals surface area contributed by atoms with Gasteiger partial charge < -0.3 is 5.73 Å². The number of piperazine rings is 3. The molecule has 0 saturated carbocycles. The summed E-state index contributed by atoms with van der Waals surface area (Å²) in [6.07, 6.45) is 5.78. The second-order valence-corrected chi connectivity index (χ2v) is 5.67. The molecule has 1 aromatic heterocycles. The molecule has 2 unspecified atom stereocenters. The van der Waals surface area contributed by atoms with Gasteiger partial charge in [0.15, 0.2) is 0 Å². The number of rotatable bonds is 4. The first-order valence-electron chi connectivity index (χ1n) is 7.29. The lowest BCUT2D eigenvalue weighted by Gasteiger charge is -2.46. The molecule has 0 radical (unpaired) electrons. The summed E-state index contributed by atoms with van der Waals surface area (Å²) in [6.45, 7) is 7.88.